The summed E-state index contributed by atoms with van der Waals surface area (Å²) in [6, 6.07) is 73.1. The highest BCUT2D eigenvalue weighted by Crippen LogP contribution is 2.35. The summed E-state index contributed by atoms with van der Waals surface area (Å²) in [5.74, 6) is 1.79. The topological polar surface area (TPSA) is 64.5 Å². The molecule has 10 aromatic rings. The van der Waals surface area contributed by atoms with Crippen LogP contribution in [-0.2, 0) is 0 Å². The van der Waals surface area contributed by atoms with Gasteiger partial charge in [0, 0.05) is 45.8 Å². The number of nitrogens with zero attached hydrogens (tertiary/aromatic N) is 5. The fourth-order valence-corrected chi connectivity index (χ4v) is 7.53. The molecule has 0 fully saturated rings. The number of benzene rings is 7. The van der Waals surface area contributed by atoms with Crippen molar-refractivity contribution in [2.45, 2.75) is 0 Å². The molecule has 3 heterocycles. The SMILES string of the molecule is c1ccc(-c2ccc(-c3nc(-c4ccc(-c5ccccc5)cc4)nc(-c4cc(-c5ccccc5)cc(-c5ccc(-c6cccnc6-c6ccccc6)nc5)c4)n3)cc2)cc1. The first-order chi connectivity index (χ1) is 29.7. The van der Waals surface area contributed by atoms with Gasteiger partial charge in [-0.2, -0.15) is 0 Å². The summed E-state index contributed by atoms with van der Waals surface area (Å²) in [7, 11) is 0. The lowest BCUT2D eigenvalue weighted by atomic mass is 9.96. The first-order valence-electron chi connectivity index (χ1n) is 20.0. The van der Waals surface area contributed by atoms with Gasteiger partial charge in [-0.1, -0.05) is 176 Å². The third-order valence-electron chi connectivity index (χ3n) is 10.7. The third kappa shape index (κ3) is 7.63. The molecule has 7 aromatic carbocycles. The van der Waals surface area contributed by atoms with Crippen LogP contribution in [-0.4, -0.2) is 24.9 Å². The summed E-state index contributed by atoms with van der Waals surface area (Å²) in [4.78, 5) is 25.2. The largest absolute Gasteiger partial charge is 0.256 e. The van der Waals surface area contributed by atoms with Gasteiger partial charge in [-0.15, -0.1) is 0 Å². The second kappa shape index (κ2) is 16.4. The zero-order valence-corrected chi connectivity index (χ0v) is 32.6. The van der Waals surface area contributed by atoms with Crippen LogP contribution in [0.4, 0.5) is 0 Å². The van der Waals surface area contributed by atoms with E-state index in [-0.39, 0.29) is 0 Å². The first-order valence-corrected chi connectivity index (χ1v) is 20.0. The molecule has 282 valence electrons. The lowest BCUT2D eigenvalue weighted by molar-refractivity contribution is 1.07. The minimum absolute atomic E-state index is 0.584. The highest BCUT2D eigenvalue weighted by Gasteiger charge is 2.16. The highest BCUT2D eigenvalue weighted by atomic mass is 15.0. The van der Waals surface area contributed by atoms with E-state index >= 15 is 0 Å². The zero-order valence-electron chi connectivity index (χ0n) is 32.6. The number of rotatable bonds is 9. The summed E-state index contributed by atoms with van der Waals surface area (Å²) >= 11 is 0. The normalized spacial score (nSPS) is 11.0. The molecular weight excluding hydrogens is 731 g/mol. The lowest BCUT2D eigenvalue weighted by Gasteiger charge is -2.13. The van der Waals surface area contributed by atoms with E-state index in [0.29, 0.717) is 17.5 Å². The Morgan fingerprint density at radius 1 is 0.250 bits per heavy atom. The van der Waals surface area contributed by atoms with Gasteiger partial charge in [-0.05, 0) is 75.3 Å². The van der Waals surface area contributed by atoms with Crippen molar-refractivity contribution in [1.29, 1.82) is 0 Å². The Balaban J connectivity index is 1.09. The Hall–Kier alpha value is -8.15. The van der Waals surface area contributed by atoms with Gasteiger partial charge in [0.05, 0.1) is 11.4 Å². The van der Waals surface area contributed by atoms with Crippen LogP contribution in [0.1, 0.15) is 0 Å². The number of pyridine rings is 2. The smallest absolute Gasteiger partial charge is 0.164 e. The summed E-state index contributed by atoms with van der Waals surface area (Å²) in [6.45, 7) is 0. The quantitative estimate of drug-likeness (QED) is 0.146. The van der Waals surface area contributed by atoms with E-state index in [1.165, 1.54) is 0 Å². The maximum Gasteiger partial charge on any atom is 0.164 e. The maximum absolute atomic E-state index is 5.18. The van der Waals surface area contributed by atoms with E-state index in [1.54, 1.807) is 0 Å². The van der Waals surface area contributed by atoms with Crippen LogP contribution in [0.15, 0.2) is 225 Å². The molecule has 0 spiro atoms. The van der Waals surface area contributed by atoms with Crippen molar-refractivity contribution in [2.75, 3.05) is 0 Å². The fourth-order valence-electron chi connectivity index (χ4n) is 7.53. The number of hydrogen-bond acceptors (Lipinski definition) is 5. The fraction of sp³-hybridized carbons (Fsp3) is 0. The zero-order chi connectivity index (χ0) is 40.1. The molecule has 0 saturated carbocycles. The van der Waals surface area contributed by atoms with E-state index in [4.69, 9.17) is 24.9 Å². The van der Waals surface area contributed by atoms with Crippen molar-refractivity contribution in [3.8, 4) is 101 Å². The van der Waals surface area contributed by atoms with Crippen molar-refractivity contribution in [2.24, 2.45) is 0 Å². The molecule has 3 aromatic heterocycles. The predicted molar refractivity (Wildman–Crippen MR) is 244 cm³/mol. The molecule has 0 amide bonds. The minimum Gasteiger partial charge on any atom is -0.256 e. The Morgan fingerprint density at radius 3 is 1.12 bits per heavy atom. The molecule has 0 atom stereocenters. The van der Waals surface area contributed by atoms with Gasteiger partial charge in [-0.3, -0.25) is 9.97 Å². The summed E-state index contributed by atoms with van der Waals surface area (Å²) < 4.78 is 0. The van der Waals surface area contributed by atoms with Crippen molar-refractivity contribution >= 4 is 0 Å². The van der Waals surface area contributed by atoms with Crippen LogP contribution in [0.25, 0.3) is 101 Å². The molecule has 5 heteroatoms. The molecule has 5 nitrogen and oxygen atoms in total. The van der Waals surface area contributed by atoms with Crippen LogP contribution in [0, 0.1) is 0 Å². The number of hydrogen-bond donors (Lipinski definition) is 0. The van der Waals surface area contributed by atoms with E-state index in [1.807, 2.05) is 54.9 Å². The molecule has 0 aliphatic rings. The average Bonchev–Trinajstić information content (AvgIpc) is 3.35. The van der Waals surface area contributed by atoms with E-state index in [0.717, 1.165) is 83.7 Å². The van der Waals surface area contributed by atoms with Gasteiger partial charge >= 0.3 is 0 Å². The van der Waals surface area contributed by atoms with Gasteiger partial charge < -0.3 is 0 Å². The summed E-state index contributed by atoms with van der Waals surface area (Å²) in [6.07, 6.45) is 3.77. The lowest BCUT2D eigenvalue weighted by Crippen LogP contribution is -2.01. The second-order valence-corrected chi connectivity index (χ2v) is 14.6. The van der Waals surface area contributed by atoms with Gasteiger partial charge in [0.2, 0.25) is 0 Å². The van der Waals surface area contributed by atoms with Crippen molar-refractivity contribution in [3.05, 3.63) is 225 Å². The van der Waals surface area contributed by atoms with Gasteiger partial charge in [0.15, 0.2) is 17.5 Å². The molecule has 0 saturated heterocycles. The molecule has 0 bridgehead atoms. The third-order valence-corrected chi connectivity index (χ3v) is 10.7. The van der Waals surface area contributed by atoms with Gasteiger partial charge in [-0.25, -0.2) is 15.0 Å². The van der Waals surface area contributed by atoms with E-state index in [9.17, 15) is 0 Å². The molecule has 0 aliphatic carbocycles. The van der Waals surface area contributed by atoms with Crippen LogP contribution >= 0.6 is 0 Å². The summed E-state index contributed by atoms with van der Waals surface area (Å²) in [5.41, 5.74) is 15.2. The Kier molecular flexibility index (Phi) is 9.88. The minimum atomic E-state index is 0.584. The molecule has 10 rings (SSSR count). The Morgan fingerprint density at radius 2 is 0.633 bits per heavy atom. The van der Waals surface area contributed by atoms with Crippen LogP contribution in [0.2, 0.25) is 0 Å². The first kappa shape index (κ1) is 36.2. The predicted octanol–water partition coefficient (Wildman–Crippen LogP) is 13.7. The van der Waals surface area contributed by atoms with Crippen molar-refractivity contribution in [3.63, 3.8) is 0 Å². The molecule has 0 aliphatic heterocycles. The standard InChI is InChI=1S/C55H37N5/c1-5-14-38(15-6-1)41-23-27-44(28-24-41)53-58-54(45-29-25-42(26-30-45)39-16-7-2-8-17-39)60-55(59-53)49-35-47(40-18-9-3-10-19-40)34-48(36-49)46-31-32-51(57-37-46)50-22-13-33-56-52(50)43-20-11-4-12-21-43/h1-37H. The van der Waals surface area contributed by atoms with Crippen LogP contribution in [0.3, 0.4) is 0 Å². The van der Waals surface area contributed by atoms with Gasteiger partial charge in [0.25, 0.3) is 0 Å². The van der Waals surface area contributed by atoms with Crippen molar-refractivity contribution < 1.29 is 0 Å². The van der Waals surface area contributed by atoms with E-state index in [2.05, 4.69) is 170 Å². The van der Waals surface area contributed by atoms with Crippen molar-refractivity contribution in [1.82, 2.24) is 24.9 Å². The number of aromatic nitrogens is 5. The average molecular weight is 768 g/mol. The molecule has 0 radical (unpaired) electrons. The van der Waals surface area contributed by atoms with E-state index < -0.39 is 0 Å². The van der Waals surface area contributed by atoms with Crippen LogP contribution < -0.4 is 0 Å². The van der Waals surface area contributed by atoms with Gasteiger partial charge in [0.1, 0.15) is 0 Å². The maximum atomic E-state index is 5.18. The molecule has 60 heavy (non-hydrogen) atoms. The monoisotopic (exact) mass is 767 g/mol. The highest BCUT2D eigenvalue weighted by molar-refractivity contribution is 5.83. The van der Waals surface area contributed by atoms with Crippen LogP contribution in [0.5, 0.6) is 0 Å². The Labute approximate surface area is 349 Å². The molecule has 0 N–H and O–H groups in total. The molecular formula is C55H37N5. The molecule has 0 unspecified atom stereocenters. The summed E-state index contributed by atoms with van der Waals surface area (Å²) in [5, 5.41) is 0. The Bertz CT molecular complexity index is 2920. The second-order valence-electron chi connectivity index (χ2n) is 14.6.